The molecule has 0 saturated heterocycles. The Hall–Kier alpha value is -1.89. The van der Waals surface area contributed by atoms with Crippen LogP contribution in [0.1, 0.15) is 53.4 Å². The summed E-state index contributed by atoms with van der Waals surface area (Å²) in [5, 5.41) is 0. The van der Waals surface area contributed by atoms with Crippen LogP contribution in [0.2, 0.25) is 0 Å². The third-order valence-corrected chi connectivity index (χ3v) is 4.49. The summed E-state index contributed by atoms with van der Waals surface area (Å²) in [6.07, 6.45) is 6.01. The number of rotatable bonds is 9. The summed E-state index contributed by atoms with van der Waals surface area (Å²) in [7, 11) is 2.17. The first-order chi connectivity index (χ1) is 11.8. The summed E-state index contributed by atoms with van der Waals surface area (Å²) in [4.78, 5) is 15.4. The zero-order valence-electron chi connectivity index (χ0n) is 16.2. The molecule has 0 unspecified atom stereocenters. The van der Waals surface area contributed by atoms with Gasteiger partial charge in [0.25, 0.3) is 0 Å². The molecule has 2 aromatic heterocycles. The molecule has 0 aliphatic heterocycles. The fraction of sp³-hybridized carbons (Fsp3) is 0.722. The zero-order chi connectivity index (χ0) is 18.4. The van der Waals surface area contributed by atoms with Crippen molar-refractivity contribution in [3.05, 3.63) is 6.33 Å². The van der Waals surface area contributed by atoms with E-state index in [1.807, 2.05) is 4.57 Å². The van der Waals surface area contributed by atoms with Crippen LogP contribution in [0.25, 0.3) is 11.2 Å². The maximum absolute atomic E-state index is 6.00. The Labute approximate surface area is 150 Å². The first-order valence-corrected chi connectivity index (χ1v) is 9.15. The lowest BCUT2D eigenvalue weighted by Crippen LogP contribution is -2.38. The van der Waals surface area contributed by atoms with Crippen LogP contribution in [0.5, 0.6) is 6.01 Å². The molecular weight excluding hydrogens is 316 g/mol. The van der Waals surface area contributed by atoms with E-state index in [2.05, 4.69) is 54.6 Å². The number of nitrogens with two attached hydrogens (primary N) is 1. The van der Waals surface area contributed by atoms with E-state index in [4.69, 9.17) is 10.5 Å². The molecule has 25 heavy (non-hydrogen) atoms. The van der Waals surface area contributed by atoms with Gasteiger partial charge in [-0.15, -0.1) is 0 Å². The summed E-state index contributed by atoms with van der Waals surface area (Å²) in [5.41, 5.74) is 7.61. The lowest BCUT2D eigenvalue weighted by molar-refractivity contribution is 0.172. The molecule has 0 amide bonds. The molecule has 2 aromatic rings. The maximum Gasteiger partial charge on any atom is 0.320 e. The molecule has 2 rings (SSSR count). The number of fused-ring (bicyclic) bond motifs is 1. The molecule has 0 aliphatic carbocycles. The summed E-state index contributed by atoms with van der Waals surface area (Å²) in [5.74, 6) is 0.378. The number of hydrogen-bond acceptors (Lipinski definition) is 6. The van der Waals surface area contributed by atoms with Gasteiger partial charge in [-0.05, 0) is 53.6 Å². The van der Waals surface area contributed by atoms with E-state index in [-0.39, 0.29) is 5.54 Å². The van der Waals surface area contributed by atoms with Crippen LogP contribution in [0.15, 0.2) is 6.33 Å². The first-order valence-electron chi connectivity index (χ1n) is 9.15. The standard InChI is InChI=1S/C18H32N6O/c1-6-7-12-25-17-21-15(19)14-16(22-17)24(13-20-14)11-9-8-10-23(5)18(2,3)4/h13H,6-12H2,1-5H3,(H2,19,21,22). The van der Waals surface area contributed by atoms with E-state index < -0.39 is 0 Å². The average Bonchev–Trinajstić information content (AvgIpc) is 2.94. The van der Waals surface area contributed by atoms with Crippen LogP contribution in [0, 0.1) is 0 Å². The van der Waals surface area contributed by atoms with Crippen molar-refractivity contribution in [2.24, 2.45) is 0 Å². The summed E-state index contributed by atoms with van der Waals surface area (Å²) in [6, 6.07) is 0.340. The van der Waals surface area contributed by atoms with Crippen molar-refractivity contribution < 1.29 is 4.74 Å². The van der Waals surface area contributed by atoms with Crippen molar-refractivity contribution in [2.75, 3.05) is 25.9 Å². The molecule has 0 atom stereocenters. The van der Waals surface area contributed by atoms with Crippen molar-refractivity contribution in [3.8, 4) is 6.01 Å². The fourth-order valence-corrected chi connectivity index (χ4v) is 2.45. The lowest BCUT2D eigenvalue weighted by atomic mass is 10.1. The third kappa shape index (κ3) is 5.29. The third-order valence-electron chi connectivity index (χ3n) is 4.49. The molecular formula is C18H32N6O. The Morgan fingerprint density at radius 1 is 1.20 bits per heavy atom. The normalized spacial score (nSPS) is 12.2. The molecule has 0 fully saturated rings. The van der Waals surface area contributed by atoms with Crippen molar-refractivity contribution in [1.29, 1.82) is 0 Å². The largest absolute Gasteiger partial charge is 0.463 e. The highest BCUT2D eigenvalue weighted by Crippen LogP contribution is 2.20. The number of unbranched alkanes of at least 4 members (excludes halogenated alkanes) is 2. The summed E-state index contributed by atoms with van der Waals surface area (Å²) < 4.78 is 7.64. The van der Waals surface area contributed by atoms with E-state index in [9.17, 15) is 0 Å². The van der Waals surface area contributed by atoms with Crippen LogP contribution in [0.4, 0.5) is 5.82 Å². The van der Waals surface area contributed by atoms with E-state index in [1.54, 1.807) is 6.33 Å². The molecule has 0 aliphatic rings. The molecule has 0 radical (unpaired) electrons. The molecule has 2 heterocycles. The van der Waals surface area contributed by atoms with Crippen LogP contribution >= 0.6 is 0 Å². The second-order valence-electron chi connectivity index (χ2n) is 7.50. The molecule has 7 nitrogen and oxygen atoms in total. The number of nitrogens with zero attached hydrogens (tertiary/aromatic N) is 5. The fourth-order valence-electron chi connectivity index (χ4n) is 2.45. The Morgan fingerprint density at radius 3 is 2.64 bits per heavy atom. The van der Waals surface area contributed by atoms with Crippen LogP contribution in [0.3, 0.4) is 0 Å². The number of anilines is 1. The second-order valence-corrected chi connectivity index (χ2v) is 7.50. The van der Waals surface area contributed by atoms with Gasteiger partial charge in [0, 0.05) is 12.1 Å². The quantitative estimate of drug-likeness (QED) is 0.701. The van der Waals surface area contributed by atoms with Crippen molar-refractivity contribution in [1.82, 2.24) is 24.4 Å². The van der Waals surface area contributed by atoms with Gasteiger partial charge in [0.1, 0.15) is 5.52 Å². The minimum atomic E-state index is 0.202. The Kier molecular flexibility index (Phi) is 6.58. The van der Waals surface area contributed by atoms with Gasteiger partial charge in [0.2, 0.25) is 0 Å². The monoisotopic (exact) mass is 348 g/mol. The molecule has 0 bridgehead atoms. The van der Waals surface area contributed by atoms with Gasteiger partial charge in [-0.1, -0.05) is 13.3 Å². The zero-order valence-corrected chi connectivity index (χ0v) is 16.2. The number of ether oxygens (including phenoxy) is 1. The number of aromatic nitrogens is 4. The van der Waals surface area contributed by atoms with Crippen molar-refractivity contribution >= 4 is 17.0 Å². The van der Waals surface area contributed by atoms with E-state index in [0.29, 0.717) is 24.0 Å². The molecule has 0 spiro atoms. The Balaban J connectivity index is 1.98. The summed E-state index contributed by atoms with van der Waals surface area (Å²) in [6.45, 7) is 11.4. The smallest absolute Gasteiger partial charge is 0.320 e. The minimum Gasteiger partial charge on any atom is -0.463 e. The number of imidazole rings is 1. The molecule has 140 valence electrons. The SMILES string of the molecule is CCCCOc1nc(N)c2ncn(CCCCN(C)C(C)(C)C)c2n1. The Bertz CT molecular complexity index is 676. The second kappa shape index (κ2) is 8.47. The van der Waals surface area contributed by atoms with Gasteiger partial charge in [0.15, 0.2) is 11.5 Å². The van der Waals surface area contributed by atoms with Crippen LogP contribution < -0.4 is 10.5 Å². The number of nitrogen functional groups attached to an aromatic ring is 1. The average molecular weight is 348 g/mol. The Morgan fingerprint density at radius 2 is 1.96 bits per heavy atom. The minimum absolute atomic E-state index is 0.202. The summed E-state index contributed by atoms with van der Waals surface area (Å²) >= 11 is 0. The molecule has 7 heteroatoms. The topological polar surface area (TPSA) is 82.1 Å². The highest BCUT2D eigenvalue weighted by molar-refractivity contribution is 5.81. The van der Waals surface area contributed by atoms with Gasteiger partial charge in [-0.25, -0.2) is 4.98 Å². The molecule has 0 saturated carbocycles. The number of aryl methyl sites for hydroxylation is 1. The first kappa shape index (κ1) is 19.4. The van der Waals surface area contributed by atoms with Gasteiger partial charge < -0.3 is 19.9 Å². The van der Waals surface area contributed by atoms with Crippen LogP contribution in [-0.4, -0.2) is 50.2 Å². The van der Waals surface area contributed by atoms with E-state index >= 15 is 0 Å². The highest BCUT2D eigenvalue weighted by atomic mass is 16.5. The van der Waals surface area contributed by atoms with E-state index in [1.165, 1.54) is 0 Å². The molecule has 0 aromatic carbocycles. The van der Waals surface area contributed by atoms with Crippen molar-refractivity contribution in [3.63, 3.8) is 0 Å². The highest BCUT2D eigenvalue weighted by Gasteiger charge is 2.16. The predicted octanol–water partition coefficient (Wildman–Crippen LogP) is 3.10. The van der Waals surface area contributed by atoms with E-state index in [0.717, 1.165) is 44.4 Å². The van der Waals surface area contributed by atoms with Crippen LogP contribution in [-0.2, 0) is 6.54 Å². The molecule has 2 N–H and O–H groups in total. The van der Waals surface area contributed by atoms with Gasteiger partial charge >= 0.3 is 6.01 Å². The van der Waals surface area contributed by atoms with Gasteiger partial charge in [-0.2, -0.15) is 9.97 Å². The van der Waals surface area contributed by atoms with Gasteiger partial charge in [0.05, 0.1) is 12.9 Å². The lowest BCUT2D eigenvalue weighted by Gasteiger charge is -2.31. The number of hydrogen-bond donors (Lipinski definition) is 1. The van der Waals surface area contributed by atoms with Gasteiger partial charge in [-0.3, -0.25) is 0 Å². The predicted molar refractivity (Wildman–Crippen MR) is 102 cm³/mol. The maximum atomic E-state index is 6.00. The van der Waals surface area contributed by atoms with Crippen molar-refractivity contribution in [2.45, 2.75) is 65.5 Å².